The van der Waals surface area contributed by atoms with Crippen LogP contribution in [-0.4, -0.2) is 24.1 Å². The lowest BCUT2D eigenvalue weighted by atomic mass is 10.0. The van der Waals surface area contributed by atoms with Gasteiger partial charge in [0.25, 0.3) is 0 Å². The Hall–Kier alpha value is -2.10. The molecule has 0 spiro atoms. The van der Waals surface area contributed by atoms with Gasteiger partial charge in [-0.25, -0.2) is 9.97 Å². The van der Waals surface area contributed by atoms with Gasteiger partial charge in [-0.3, -0.25) is 0 Å². The van der Waals surface area contributed by atoms with E-state index in [1.807, 2.05) is 19.2 Å². The molecule has 2 aromatic rings. The maximum atomic E-state index is 5.48. The fraction of sp³-hybridized carbons (Fsp3) is 0.375. The normalized spacial score (nSPS) is 10.4. The van der Waals surface area contributed by atoms with Gasteiger partial charge in [-0.1, -0.05) is 25.0 Å². The lowest BCUT2D eigenvalue weighted by molar-refractivity contribution is 0.416. The Morgan fingerprint density at radius 2 is 2.05 bits per heavy atom. The van der Waals surface area contributed by atoms with Crippen molar-refractivity contribution in [3.8, 4) is 17.0 Å². The van der Waals surface area contributed by atoms with Crippen molar-refractivity contribution in [1.29, 1.82) is 0 Å². The number of aromatic nitrogens is 2. The molecule has 0 aliphatic rings. The molecular formula is C16H21N3O. The van der Waals surface area contributed by atoms with Crippen LogP contribution in [0.4, 0.5) is 5.82 Å². The molecule has 0 saturated heterocycles. The molecule has 106 valence electrons. The van der Waals surface area contributed by atoms with E-state index in [9.17, 15) is 0 Å². The van der Waals surface area contributed by atoms with Gasteiger partial charge in [0.15, 0.2) is 0 Å². The van der Waals surface area contributed by atoms with Gasteiger partial charge >= 0.3 is 0 Å². The summed E-state index contributed by atoms with van der Waals surface area (Å²) in [6.45, 7) is 4.23. The predicted octanol–water partition coefficient (Wildman–Crippen LogP) is 3.45. The number of aryl methyl sites for hydroxylation is 1. The zero-order valence-corrected chi connectivity index (χ0v) is 12.5. The van der Waals surface area contributed by atoms with Crippen LogP contribution in [0.25, 0.3) is 11.3 Å². The van der Waals surface area contributed by atoms with Crippen LogP contribution in [-0.2, 0) is 6.42 Å². The second kappa shape index (κ2) is 6.37. The summed E-state index contributed by atoms with van der Waals surface area (Å²) in [5.74, 6) is 1.73. The maximum Gasteiger partial charge on any atom is 0.132 e. The second-order valence-corrected chi connectivity index (χ2v) is 4.75. The molecule has 0 unspecified atom stereocenters. The second-order valence-electron chi connectivity index (χ2n) is 4.75. The molecule has 0 bridgehead atoms. The maximum absolute atomic E-state index is 5.48. The minimum absolute atomic E-state index is 0.841. The molecule has 0 fully saturated rings. The molecule has 0 radical (unpaired) electrons. The average Bonchev–Trinajstić information content (AvgIpc) is 2.47. The molecule has 1 aromatic heterocycles. The molecule has 1 heterocycles. The number of benzene rings is 1. The molecule has 1 aromatic carbocycles. The van der Waals surface area contributed by atoms with E-state index in [0.717, 1.165) is 41.2 Å². The Kier molecular flexibility index (Phi) is 4.56. The number of hydrogen-bond acceptors (Lipinski definition) is 4. The van der Waals surface area contributed by atoms with Crippen molar-refractivity contribution in [2.75, 3.05) is 19.5 Å². The van der Waals surface area contributed by atoms with Crippen LogP contribution in [0.15, 0.2) is 24.5 Å². The average molecular weight is 271 g/mol. The molecule has 4 heteroatoms. The molecule has 0 amide bonds. The third-order valence-electron chi connectivity index (χ3n) is 3.29. The molecule has 0 saturated carbocycles. The number of hydrogen-bond donors (Lipinski definition) is 1. The quantitative estimate of drug-likeness (QED) is 0.904. The molecule has 1 N–H and O–H groups in total. The summed E-state index contributed by atoms with van der Waals surface area (Å²) in [5, 5.41) is 3.15. The smallest absolute Gasteiger partial charge is 0.132 e. The Balaban J connectivity index is 2.65. The first-order valence-electron chi connectivity index (χ1n) is 6.87. The molecule has 0 aliphatic carbocycles. The third-order valence-corrected chi connectivity index (χ3v) is 3.29. The number of nitrogens with zero attached hydrogens (tertiary/aromatic N) is 2. The lowest BCUT2D eigenvalue weighted by Gasteiger charge is -2.15. The topological polar surface area (TPSA) is 47.0 Å². The minimum Gasteiger partial charge on any atom is -0.496 e. The van der Waals surface area contributed by atoms with Gasteiger partial charge in [0, 0.05) is 18.2 Å². The SMILES string of the molecule is CCCc1c(NC)ncnc1-c1cc(C)ccc1OC. The van der Waals surface area contributed by atoms with Crippen molar-refractivity contribution < 1.29 is 4.74 Å². The van der Waals surface area contributed by atoms with Gasteiger partial charge in [0.05, 0.1) is 12.8 Å². The summed E-state index contributed by atoms with van der Waals surface area (Å²) in [5.41, 5.74) is 4.30. The highest BCUT2D eigenvalue weighted by Crippen LogP contribution is 2.34. The molecule has 4 nitrogen and oxygen atoms in total. The summed E-state index contributed by atoms with van der Waals surface area (Å²) >= 11 is 0. The molecule has 20 heavy (non-hydrogen) atoms. The highest BCUT2D eigenvalue weighted by atomic mass is 16.5. The van der Waals surface area contributed by atoms with Crippen LogP contribution in [0.2, 0.25) is 0 Å². The van der Waals surface area contributed by atoms with E-state index in [-0.39, 0.29) is 0 Å². The van der Waals surface area contributed by atoms with Crippen molar-refractivity contribution in [2.45, 2.75) is 26.7 Å². The van der Waals surface area contributed by atoms with E-state index in [4.69, 9.17) is 4.74 Å². The minimum atomic E-state index is 0.841. The van der Waals surface area contributed by atoms with E-state index >= 15 is 0 Å². The van der Waals surface area contributed by atoms with Crippen LogP contribution >= 0.6 is 0 Å². The Bertz CT molecular complexity index is 596. The summed E-state index contributed by atoms with van der Waals surface area (Å²) < 4.78 is 5.48. The first-order chi connectivity index (χ1) is 9.71. The Labute approximate surface area is 120 Å². The van der Waals surface area contributed by atoms with Gasteiger partial charge in [0.1, 0.15) is 17.9 Å². The number of anilines is 1. The van der Waals surface area contributed by atoms with Crippen LogP contribution in [0.1, 0.15) is 24.5 Å². The zero-order chi connectivity index (χ0) is 14.5. The summed E-state index contributed by atoms with van der Waals surface area (Å²) in [6.07, 6.45) is 3.58. The highest BCUT2D eigenvalue weighted by Gasteiger charge is 2.15. The molecular weight excluding hydrogens is 250 g/mol. The van der Waals surface area contributed by atoms with Gasteiger partial charge in [-0.2, -0.15) is 0 Å². The summed E-state index contributed by atoms with van der Waals surface area (Å²) in [7, 11) is 3.58. The van der Waals surface area contributed by atoms with Gasteiger partial charge < -0.3 is 10.1 Å². The molecule has 2 rings (SSSR count). The zero-order valence-electron chi connectivity index (χ0n) is 12.5. The lowest BCUT2D eigenvalue weighted by Crippen LogP contribution is -2.04. The monoisotopic (exact) mass is 271 g/mol. The Morgan fingerprint density at radius 3 is 2.70 bits per heavy atom. The largest absolute Gasteiger partial charge is 0.496 e. The van der Waals surface area contributed by atoms with Crippen LogP contribution in [0.3, 0.4) is 0 Å². The van der Waals surface area contributed by atoms with Crippen molar-refractivity contribution in [1.82, 2.24) is 9.97 Å². The number of rotatable bonds is 5. The van der Waals surface area contributed by atoms with E-state index in [0.29, 0.717) is 0 Å². The van der Waals surface area contributed by atoms with Gasteiger partial charge in [0.2, 0.25) is 0 Å². The van der Waals surface area contributed by atoms with E-state index in [1.54, 1.807) is 13.4 Å². The van der Waals surface area contributed by atoms with Crippen molar-refractivity contribution >= 4 is 5.82 Å². The van der Waals surface area contributed by atoms with Crippen molar-refractivity contribution in [3.63, 3.8) is 0 Å². The fourth-order valence-electron chi connectivity index (χ4n) is 2.35. The van der Waals surface area contributed by atoms with Crippen LogP contribution in [0, 0.1) is 6.92 Å². The van der Waals surface area contributed by atoms with Gasteiger partial charge in [-0.15, -0.1) is 0 Å². The number of nitrogens with one attached hydrogen (secondary N) is 1. The summed E-state index contributed by atoms with van der Waals surface area (Å²) in [6, 6.07) is 6.14. The standard InChI is InChI=1S/C16H21N3O/c1-5-6-12-15(18-10-19-16(12)17-3)13-9-11(2)7-8-14(13)20-4/h7-10H,5-6H2,1-4H3,(H,17,18,19). The third kappa shape index (κ3) is 2.74. The van der Waals surface area contributed by atoms with E-state index in [2.05, 4.69) is 35.2 Å². The predicted molar refractivity (Wildman–Crippen MR) is 82.3 cm³/mol. The Morgan fingerprint density at radius 1 is 1.25 bits per heavy atom. The fourth-order valence-corrected chi connectivity index (χ4v) is 2.35. The number of ether oxygens (including phenoxy) is 1. The van der Waals surface area contributed by atoms with Crippen molar-refractivity contribution in [2.24, 2.45) is 0 Å². The highest BCUT2D eigenvalue weighted by molar-refractivity contribution is 5.74. The van der Waals surface area contributed by atoms with Crippen LogP contribution in [0.5, 0.6) is 5.75 Å². The first-order valence-corrected chi connectivity index (χ1v) is 6.87. The first kappa shape index (κ1) is 14.3. The van der Waals surface area contributed by atoms with E-state index < -0.39 is 0 Å². The molecule has 0 atom stereocenters. The molecule has 0 aliphatic heterocycles. The van der Waals surface area contributed by atoms with E-state index in [1.165, 1.54) is 5.56 Å². The van der Waals surface area contributed by atoms with Crippen molar-refractivity contribution in [3.05, 3.63) is 35.7 Å². The number of methoxy groups -OCH3 is 1. The summed E-state index contributed by atoms with van der Waals surface area (Å²) in [4.78, 5) is 8.81. The van der Waals surface area contributed by atoms with Crippen LogP contribution < -0.4 is 10.1 Å². The van der Waals surface area contributed by atoms with Gasteiger partial charge in [-0.05, 0) is 25.5 Å².